The second-order valence-electron chi connectivity index (χ2n) is 4.50. The van der Waals surface area contributed by atoms with Gasteiger partial charge in [0.25, 0.3) is 5.91 Å². The average molecular weight is 244 g/mol. The van der Waals surface area contributed by atoms with Gasteiger partial charge >= 0.3 is 0 Å². The first kappa shape index (κ1) is 12.6. The number of nitrogens with one attached hydrogen (secondary N) is 1. The van der Waals surface area contributed by atoms with Crippen LogP contribution in [0.15, 0.2) is 24.3 Å². The molecule has 1 fully saturated rings. The normalized spacial score (nSPS) is 20.1. The topological polar surface area (TPSA) is 62.1 Å². The second-order valence-corrected chi connectivity index (χ2v) is 4.50. The first-order valence-corrected chi connectivity index (χ1v) is 6.13. The molecule has 1 heterocycles. The molecular formula is C14H16N2O2. The van der Waals surface area contributed by atoms with Crippen LogP contribution in [0.3, 0.4) is 0 Å². The summed E-state index contributed by atoms with van der Waals surface area (Å²) in [5.41, 5.74) is 1.12. The molecule has 1 aromatic carbocycles. The van der Waals surface area contributed by atoms with E-state index >= 15 is 0 Å². The smallest absolute Gasteiger partial charge is 0.251 e. The number of hydrogen-bond donors (Lipinski definition) is 1. The van der Waals surface area contributed by atoms with Gasteiger partial charge in [0.15, 0.2) is 0 Å². The van der Waals surface area contributed by atoms with Crippen LogP contribution < -0.4 is 5.32 Å². The molecule has 1 aliphatic rings. The van der Waals surface area contributed by atoms with Crippen LogP contribution in [-0.2, 0) is 4.74 Å². The molecule has 0 aliphatic carbocycles. The van der Waals surface area contributed by atoms with E-state index in [1.54, 1.807) is 24.3 Å². The summed E-state index contributed by atoms with van der Waals surface area (Å²) in [5.74, 6) is -0.123. The van der Waals surface area contributed by atoms with E-state index in [0.29, 0.717) is 11.1 Å². The van der Waals surface area contributed by atoms with E-state index < -0.39 is 0 Å². The molecule has 1 saturated heterocycles. The Morgan fingerprint density at radius 1 is 1.50 bits per heavy atom. The number of carbonyl (C=O) groups excluding carboxylic acids is 1. The van der Waals surface area contributed by atoms with Crippen molar-refractivity contribution >= 4 is 5.91 Å². The number of nitriles is 1. The zero-order valence-corrected chi connectivity index (χ0v) is 10.3. The summed E-state index contributed by atoms with van der Waals surface area (Å²) in [6.45, 7) is 2.74. The van der Waals surface area contributed by atoms with Gasteiger partial charge in [0.1, 0.15) is 0 Å². The molecule has 0 radical (unpaired) electrons. The van der Waals surface area contributed by atoms with E-state index in [4.69, 9.17) is 10.00 Å². The average Bonchev–Trinajstić information content (AvgIpc) is 2.92. The van der Waals surface area contributed by atoms with E-state index in [-0.39, 0.29) is 18.1 Å². The third-order valence-electron chi connectivity index (χ3n) is 3.16. The minimum Gasteiger partial charge on any atom is -0.376 e. The Hall–Kier alpha value is -1.86. The molecule has 0 spiro atoms. The summed E-state index contributed by atoms with van der Waals surface area (Å²) in [6, 6.07) is 8.65. The number of ether oxygens (including phenoxy) is 1. The lowest BCUT2D eigenvalue weighted by atomic mass is 10.1. The van der Waals surface area contributed by atoms with Gasteiger partial charge in [0, 0.05) is 12.2 Å². The van der Waals surface area contributed by atoms with Crippen molar-refractivity contribution < 1.29 is 9.53 Å². The minimum atomic E-state index is -0.123. The Balaban J connectivity index is 1.96. The summed E-state index contributed by atoms with van der Waals surface area (Å²) >= 11 is 0. The third-order valence-corrected chi connectivity index (χ3v) is 3.16. The van der Waals surface area contributed by atoms with Crippen LogP contribution >= 0.6 is 0 Å². The molecular weight excluding hydrogens is 228 g/mol. The molecule has 18 heavy (non-hydrogen) atoms. The van der Waals surface area contributed by atoms with Gasteiger partial charge in [0.2, 0.25) is 0 Å². The van der Waals surface area contributed by atoms with Crippen molar-refractivity contribution in [1.82, 2.24) is 5.32 Å². The Bertz CT molecular complexity index is 456. The van der Waals surface area contributed by atoms with Crippen molar-refractivity contribution in [2.45, 2.75) is 31.9 Å². The molecule has 4 heteroatoms. The summed E-state index contributed by atoms with van der Waals surface area (Å²) in [6.07, 6.45) is 2.17. The first-order valence-electron chi connectivity index (χ1n) is 6.13. The minimum absolute atomic E-state index is 0.00985. The number of carbonyl (C=O) groups is 1. The predicted molar refractivity (Wildman–Crippen MR) is 67.1 cm³/mol. The molecule has 4 nitrogen and oxygen atoms in total. The second kappa shape index (κ2) is 5.65. The van der Waals surface area contributed by atoms with Crippen molar-refractivity contribution in [2.75, 3.05) is 6.61 Å². The van der Waals surface area contributed by atoms with Crippen molar-refractivity contribution in [3.63, 3.8) is 0 Å². The molecule has 0 unspecified atom stereocenters. The number of hydrogen-bond acceptors (Lipinski definition) is 3. The van der Waals surface area contributed by atoms with Crippen molar-refractivity contribution in [1.29, 1.82) is 5.26 Å². The van der Waals surface area contributed by atoms with E-state index in [1.165, 1.54) is 0 Å². The summed E-state index contributed by atoms with van der Waals surface area (Å²) in [7, 11) is 0. The number of rotatable bonds is 3. The quantitative estimate of drug-likeness (QED) is 0.882. The SMILES string of the molecule is C[C@@H](NC(=O)c1ccc(C#N)cc1)[C@H]1CCCO1. The van der Waals surface area contributed by atoms with Gasteiger partial charge < -0.3 is 10.1 Å². The van der Waals surface area contributed by atoms with Crippen LogP contribution in [0.4, 0.5) is 0 Å². The highest BCUT2D eigenvalue weighted by molar-refractivity contribution is 5.94. The highest BCUT2D eigenvalue weighted by Gasteiger charge is 2.23. The van der Waals surface area contributed by atoms with Gasteiger partial charge in [0.05, 0.1) is 23.8 Å². The van der Waals surface area contributed by atoms with Crippen molar-refractivity contribution in [3.05, 3.63) is 35.4 Å². The molecule has 0 saturated carbocycles. The molecule has 1 aliphatic heterocycles. The largest absolute Gasteiger partial charge is 0.376 e. The Morgan fingerprint density at radius 2 is 2.22 bits per heavy atom. The number of nitrogens with zero attached hydrogens (tertiary/aromatic N) is 1. The standard InChI is InChI=1S/C14H16N2O2/c1-10(13-3-2-8-18-13)16-14(17)12-6-4-11(9-15)5-7-12/h4-7,10,13H,2-3,8H2,1H3,(H,16,17)/t10-,13-/m1/s1. The van der Waals surface area contributed by atoms with Gasteiger partial charge in [-0.2, -0.15) is 5.26 Å². The zero-order valence-electron chi connectivity index (χ0n) is 10.3. The lowest BCUT2D eigenvalue weighted by Gasteiger charge is -2.19. The fraction of sp³-hybridized carbons (Fsp3) is 0.429. The maximum Gasteiger partial charge on any atom is 0.251 e. The molecule has 0 aromatic heterocycles. The van der Waals surface area contributed by atoms with E-state index in [2.05, 4.69) is 5.32 Å². The van der Waals surface area contributed by atoms with E-state index in [0.717, 1.165) is 19.4 Å². The molecule has 2 rings (SSSR count). The molecule has 94 valence electrons. The van der Waals surface area contributed by atoms with Gasteiger partial charge in [-0.25, -0.2) is 0 Å². The Labute approximate surface area is 107 Å². The van der Waals surface area contributed by atoms with Crippen LogP contribution in [0.25, 0.3) is 0 Å². The lowest BCUT2D eigenvalue weighted by Crippen LogP contribution is -2.40. The summed E-state index contributed by atoms with van der Waals surface area (Å²) in [5, 5.41) is 11.6. The predicted octanol–water partition coefficient (Wildman–Crippen LogP) is 1.86. The van der Waals surface area contributed by atoms with Crippen LogP contribution in [0.2, 0.25) is 0 Å². The van der Waals surface area contributed by atoms with Gasteiger partial charge in [-0.05, 0) is 44.0 Å². The zero-order chi connectivity index (χ0) is 13.0. The summed E-state index contributed by atoms with van der Waals surface area (Å²) in [4.78, 5) is 12.0. The van der Waals surface area contributed by atoms with Gasteiger partial charge in [-0.15, -0.1) is 0 Å². The van der Waals surface area contributed by atoms with Crippen LogP contribution in [0.5, 0.6) is 0 Å². The molecule has 1 N–H and O–H groups in total. The maximum atomic E-state index is 12.0. The van der Waals surface area contributed by atoms with Crippen LogP contribution in [0.1, 0.15) is 35.7 Å². The fourth-order valence-electron chi connectivity index (χ4n) is 2.08. The number of benzene rings is 1. The van der Waals surface area contributed by atoms with E-state index in [1.807, 2.05) is 13.0 Å². The van der Waals surface area contributed by atoms with E-state index in [9.17, 15) is 4.79 Å². The lowest BCUT2D eigenvalue weighted by molar-refractivity contribution is 0.0712. The number of amides is 1. The van der Waals surface area contributed by atoms with Crippen molar-refractivity contribution in [3.8, 4) is 6.07 Å². The van der Waals surface area contributed by atoms with Gasteiger partial charge in [-0.3, -0.25) is 4.79 Å². The van der Waals surface area contributed by atoms with Crippen LogP contribution in [0, 0.1) is 11.3 Å². The third kappa shape index (κ3) is 2.88. The van der Waals surface area contributed by atoms with Crippen LogP contribution in [-0.4, -0.2) is 24.7 Å². The Kier molecular flexibility index (Phi) is 3.96. The highest BCUT2D eigenvalue weighted by atomic mass is 16.5. The molecule has 1 aromatic rings. The first-order chi connectivity index (χ1) is 8.70. The highest BCUT2D eigenvalue weighted by Crippen LogP contribution is 2.15. The maximum absolute atomic E-state index is 12.0. The molecule has 0 bridgehead atoms. The molecule has 1 amide bonds. The van der Waals surface area contributed by atoms with Crippen molar-refractivity contribution in [2.24, 2.45) is 0 Å². The van der Waals surface area contributed by atoms with Gasteiger partial charge in [-0.1, -0.05) is 0 Å². The molecule has 2 atom stereocenters. The fourth-order valence-corrected chi connectivity index (χ4v) is 2.08. The monoisotopic (exact) mass is 244 g/mol. The Morgan fingerprint density at radius 3 is 2.78 bits per heavy atom. The summed E-state index contributed by atoms with van der Waals surface area (Å²) < 4.78 is 5.53.